The zero-order valence-corrected chi connectivity index (χ0v) is 12.1. The van der Waals surface area contributed by atoms with E-state index in [0.717, 1.165) is 26.2 Å². The van der Waals surface area contributed by atoms with Crippen LogP contribution in [0.1, 0.15) is 20.3 Å². The molecule has 0 atom stereocenters. The van der Waals surface area contributed by atoms with E-state index in [0.29, 0.717) is 26.4 Å². The molecule has 0 heterocycles. The van der Waals surface area contributed by atoms with Gasteiger partial charge >= 0.3 is 5.97 Å². The molecule has 6 nitrogen and oxygen atoms in total. The van der Waals surface area contributed by atoms with Crippen LogP contribution in [0.5, 0.6) is 0 Å². The smallest absolute Gasteiger partial charge is 0.305 e. The van der Waals surface area contributed by atoms with Gasteiger partial charge in [0, 0.05) is 6.54 Å². The molecule has 6 heteroatoms. The number of likely N-dealkylation sites (N-methyl/N-ethyl adjacent to an activating group) is 1. The molecule has 0 aliphatic carbocycles. The highest BCUT2D eigenvalue weighted by Gasteiger charge is 1.98. The Kier molecular flexibility index (Phi) is 13.2. The van der Waals surface area contributed by atoms with Crippen LogP contribution in [0.2, 0.25) is 0 Å². The number of aliphatic carboxylic acids is 1. The van der Waals surface area contributed by atoms with Crippen LogP contribution in [0, 0.1) is 0 Å². The zero-order chi connectivity index (χ0) is 14.3. The van der Waals surface area contributed by atoms with Gasteiger partial charge in [0.2, 0.25) is 0 Å². The summed E-state index contributed by atoms with van der Waals surface area (Å²) in [5.41, 5.74) is 0. The van der Waals surface area contributed by atoms with Gasteiger partial charge in [-0.2, -0.15) is 0 Å². The van der Waals surface area contributed by atoms with E-state index in [1.165, 1.54) is 0 Å². The summed E-state index contributed by atoms with van der Waals surface area (Å²) in [5, 5.41) is 8.38. The van der Waals surface area contributed by atoms with Crippen LogP contribution in [0.4, 0.5) is 0 Å². The fourth-order valence-corrected chi connectivity index (χ4v) is 1.43. The van der Waals surface area contributed by atoms with Crippen molar-refractivity contribution in [3.8, 4) is 0 Å². The monoisotopic (exact) mass is 277 g/mol. The van der Waals surface area contributed by atoms with Crippen molar-refractivity contribution < 1.29 is 24.1 Å². The molecular weight excluding hydrogens is 250 g/mol. The van der Waals surface area contributed by atoms with Gasteiger partial charge in [-0.05, 0) is 13.1 Å². The molecule has 0 aromatic rings. The number of carbonyl (C=O) groups is 1. The predicted octanol–water partition coefficient (Wildman–Crippen LogP) is 0.853. The molecule has 0 saturated carbocycles. The second-order valence-corrected chi connectivity index (χ2v) is 4.01. The number of ether oxygens (including phenoxy) is 3. The minimum absolute atomic E-state index is 0.0362. The molecule has 114 valence electrons. The Balaban J connectivity index is 3.08. The van der Waals surface area contributed by atoms with E-state index in [-0.39, 0.29) is 13.0 Å². The molecular formula is C13H27NO5. The maximum Gasteiger partial charge on any atom is 0.305 e. The number of carboxylic acids is 1. The molecule has 0 spiro atoms. The third-order valence-electron chi connectivity index (χ3n) is 2.65. The molecule has 0 saturated heterocycles. The lowest BCUT2D eigenvalue weighted by Crippen LogP contribution is -2.27. The maximum absolute atomic E-state index is 10.2. The Bertz CT molecular complexity index is 209. The first kappa shape index (κ1) is 18.3. The highest BCUT2D eigenvalue weighted by Crippen LogP contribution is 1.88. The Morgan fingerprint density at radius 3 is 1.84 bits per heavy atom. The summed E-state index contributed by atoms with van der Waals surface area (Å²) in [6.45, 7) is 10.3. The van der Waals surface area contributed by atoms with E-state index in [4.69, 9.17) is 19.3 Å². The molecule has 0 aliphatic heterocycles. The SMILES string of the molecule is CCN(CC)CCOCCOCCOCCC(=O)O. The van der Waals surface area contributed by atoms with E-state index in [2.05, 4.69) is 18.7 Å². The summed E-state index contributed by atoms with van der Waals surface area (Å²) in [6.07, 6.45) is 0.0362. The van der Waals surface area contributed by atoms with Crippen LogP contribution in [0.25, 0.3) is 0 Å². The Morgan fingerprint density at radius 1 is 0.895 bits per heavy atom. The highest BCUT2D eigenvalue weighted by atomic mass is 16.5. The standard InChI is InChI=1S/C13H27NO5/c1-3-14(4-2)6-8-18-10-12-19-11-9-17-7-5-13(15)16/h3-12H2,1-2H3,(H,15,16). The lowest BCUT2D eigenvalue weighted by molar-refractivity contribution is -0.138. The minimum Gasteiger partial charge on any atom is -0.481 e. The molecule has 0 aliphatic rings. The summed E-state index contributed by atoms with van der Waals surface area (Å²) in [7, 11) is 0. The van der Waals surface area contributed by atoms with Gasteiger partial charge in [0.25, 0.3) is 0 Å². The molecule has 1 N–H and O–H groups in total. The summed E-state index contributed by atoms with van der Waals surface area (Å²) < 4.78 is 15.8. The van der Waals surface area contributed by atoms with E-state index in [1.807, 2.05) is 0 Å². The van der Waals surface area contributed by atoms with E-state index >= 15 is 0 Å². The Hall–Kier alpha value is -0.690. The van der Waals surface area contributed by atoms with Crippen molar-refractivity contribution in [1.29, 1.82) is 0 Å². The molecule has 0 aromatic heterocycles. The second-order valence-electron chi connectivity index (χ2n) is 4.01. The summed E-state index contributed by atoms with van der Waals surface area (Å²) >= 11 is 0. The predicted molar refractivity (Wildman–Crippen MR) is 72.5 cm³/mol. The second kappa shape index (κ2) is 13.7. The van der Waals surface area contributed by atoms with Crippen molar-refractivity contribution >= 4 is 5.97 Å². The molecule has 19 heavy (non-hydrogen) atoms. The quantitative estimate of drug-likeness (QED) is 0.475. The fraction of sp³-hybridized carbons (Fsp3) is 0.923. The molecule has 0 aromatic carbocycles. The third-order valence-corrected chi connectivity index (χ3v) is 2.65. The van der Waals surface area contributed by atoms with Crippen LogP contribution >= 0.6 is 0 Å². The van der Waals surface area contributed by atoms with E-state index in [9.17, 15) is 4.79 Å². The number of carboxylic acid groups (broad SMARTS) is 1. The Morgan fingerprint density at radius 2 is 1.37 bits per heavy atom. The molecule has 0 radical (unpaired) electrons. The molecule has 0 amide bonds. The van der Waals surface area contributed by atoms with Crippen molar-refractivity contribution in [3.05, 3.63) is 0 Å². The van der Waals surface area contributed by atoms with E-state index in [1.54, 1.807) is 0 Å². The largest absolute Gasteiger partial charge is 0.481 e. The number of hydrogen-bond donors (Lipinski definition) is 1. The van der Waals surface area contributed by atoms with Gasteiger partial charge in [-0.3, -0.25) is 4.79 Å². The van der Waals surface area contributed by atoms with Crippen LogP contribution in [0.15, 0.2) is 0 Å². The van der Waals surface area contributed by atoms with E-state index < -0.39 is 5.97 Å². The van der Waals surface area contributed by atoms with Crippen LogP contribution < -0.4 is 0 Å². The van der Waals surface area contributed by atoms with Crippen LogP contribution in [0.3, 0.4) is 0 Å². The van der Waals surface area contributed by atoms with Crippen molar-refractivity contribution in [1.82, 2.24) is 4.90 Å². The average molecular weight is 277 g/mol. The van der Waals surface area contributed by atoms with Crippen molar-refractivity contribution in [2.75, 3.05) is 59.3 Å². The van der Waals surface area contributed by atoms with Crippen molar-refractivity contribution in [2.45, 2.75) is 20.3 Å². The lowest BCUT2D eigenvalue weighted by atomic mass is 10.5. The van der Waals surface area contributed by atoms with Gasteiger partial charge < -0.3 is 24.2 Å². The first-order valence-corrected chi connectivity index (χ1v) is 6.88. The van der Waals surface area contributed by atoms with Gasteiger partial charge in [-0.25, -0.2) is 0 Å². The van der Waals surface area contributed by atoms with Gasteiger partial charge in [-0.15, -0.1) is 0 Å². The maximum atomic E-state index is 10.2. The van der Waals surface area contributed by atoms with Gasteiger partial charge in [-0.1, -0.05) is 13.8 Å². The lowest BCUT2D eigenvalue weighted by Gasteiger charge is -2.17. The topological polar surface area (TPSA) is 68.2 Å². The summed E-state index contributed by atoms with van der Waals surface area (Å²) in [6, 6.07) is 0. The normalized spacial score (nSPS) is 11.1. The number of nitrogens with zero attached hydrogens (tertiary/aromatic N) is 1. The molecule has 0 bridgehead atoms. The van der Waals surface area contributed by atoms with Gasteiger partial charge in [0.1, 0.15) is 0 Å². The summed E-state index contributed by atoms with van der Waals surface area (Å²) in [4.78, 5) is 12.5. The highest BCUT2D eigenvalue weighted by molar-refractivity contribution is 5.66. The zero-order valence-electron chi connectivity index (χ0n) is 12.1. The third kappa shape index (κ3) is 13.5. The van der Waals surface area contributed by atoms with Crippen molar-refractivity contribution in [2.24, 2.45) is 0 Å². The van der Waals surface area contributed by atoms with Crippen LogP contribution in [-0.2, 0) is 19.0 Å². The first-order chi connectivity index (χ1) is 9.20. The first-order valence-electron chi connectivity index (χ1n) is 6.88. The number of hydrogen-bond acceptors (Lipinski definition) is 5. The van der Waals surface area contributed by atoms with Crippen molar-refractivity contribution in [3.63, 3.8) is 0 Å². The minimum atomic E-state index is -0.845. The fourth-order valence-electron chi connectivity index (χ4n) is 1.43. The summed E-state index contributed by atoms with van der Waals surface area (Å²) in [5.74, 6) is -0.845. The van der Waals surface area contributed by atoms with Crippen LogP contribution in [-0.4, -0.2) is 75.3 Å². The number of rotatable bonds is 14. The van der Waals surface area contributed by atoms with Gasteiger partial charge in [0.05, 0.1) is 46.1 Å². The molecule has 0 rings (SSSR count). The molecule has 0 fully saturated rings. The van der Waals surface area contributed by atoms with Gasteiger partial charge in [0.15, 0.2) is 0 Å². The molecule has 0 unspecified atom stereocenters. The average Bonchev–Trinajstić information content (AvgIpc) is 2.40. The Labute approximate surface area is 115 Å².